The number of allylic oxidation sites excluding steroid dienone is 2. The number of carbonyl (C=O) groups excluding carboxylic acids is 1. The molecular formula is C20H20O3. The molecule has 0 saturated carbocycles. The van der Waals surface area contributed by atoms with E-state index in [0.717, 1.165) is 60.5 Å². The van der Waals surface area contributed by atoms with Crippen LogP contribution in [0.15, 0.2) is 52.7 Å². The average Bonchev–Trinajstić information content (AvgIpc) is 3.01. The minimum Gasteiger partial charge on any atom is -0.490 e. The van der Waals surface area contributed by atoms with Crippen molar-refractivity contribution in [2.24, 2.45) is 0 Å². The van der Waals surface area contributed by atoms with Gasteiger partial charge in [0.2, 0.25) is 0 Å². The number of hydrogen-bond donors (Lipinski definition) is 0. The predicted octanol–water partition coefficient (Wildman–Crippen LogP) is 4.98. The van der Waals surface area contributed by atoms with Crippen molar-refractivity contribution < 1.29 is 13.9 Å². The van der Waals surface area contributed by atoms with Crippen molar-refractivity contribution in [1.82, 2.24) is 0 Å². The molecule has 23 heavy (non-hydrogen) atoms. The molecule has 118 valence electrons. The van der Waals surface area contributed by atoms with E-state index >= 15 is 0 Å². The number of carbonyl (C=O) groups is 1. The van der Waals surface area contributed by atoms with Crippen molar-refractivity contribution in [3.63, 3.8) is 0 Å². The van der Waals surface area contributed by atoms with Crippen LogP contribution in [0.25, 0.3) is 11.3 Å². The summed E-state index contributed by atoms with van der Waals surface area (Å²) < 4.78 is 12.2. The Morgan fingerprint density at radius 3 is 2.74 bits per heavy atom. The van der Waals surface area contributed by atoms with Gasteiger partial charge in [0.1, 0.15) is 23.4 Å². The number of furan rings is 1. The summed E-state index contributed by atoms with van der Waals surface area (Å²) in [6, 6.07) is 12.3. The van der Waals surface area contributed by atoms with E-state index in [0.29, 0.717) is 6.42 Å². The van der Waals surface area contributed by atoms with Crippen LogP contribution in [0.2, 0.25) is 0 Å². The van der Waals surface area contributed by atoms with Crippen LogP contribution in [-0.2, 0) is 16.0 Å². The molecule has 1 aromatic heterocycles. The van der Waals surface area contributed by atoms with Gasteiger partial charge >= 0.3 is 0 Å². The fourth-order valence-corrected chi connectivity index (χ4v) is 3.42. The summed E-state index contributed by atoms with van der Waals surface area (Å²) in [7, 11) is 0. The first-order chi connectivity index (χ1) is 11.3. The first kappa shape index (κ1) is 14.3. The SMILES string of the molecule is O=C1C=C(O[C@@H]2CCCc3oc(-c4ccccc4)cc32)CCC1. The highest BCUT2D eigenvalue weighted by Crippen LogP contribution is 2.39. The van der Waals surface area contributed by atoms with E-state index in [2.05, 4.69) is 18.2 Å². The highest BCUT2D eigenvalue weighted by molar-refractivity contribution is 5.90. The van der Waals surface area contributed by atoms with E-state index in [1.54, 1.807) is 6.08 Å². The van der Waals surface area contributed by atoms with Gasteiger partial charge in [-0.3, -0.25) is 4.79 Å². The van der Waals surface area contributed by atoms with Gasteiger partial charge in [0.25, 0.3) is 0 Å². The second-order valence-electron chi connectivity index (χ2n) is 6.28. The number of aryl methyl sites for hydroxylation is 1. The van der Waals surface area contributed by atoms with Crippen LogP contribution >= 0.6 is 0 Å². The molecule has 3 heteroatoms. The molecule has 0 aliphatic heterocycles. The zero-order valence-corrected chi connectivity index (χ0v) is 13.1. The number of benzene rings is 1. The number of fused-ring (bicyclic) bond motifs is 1. The van der Waals surface area contributed by atoms with E-state index in [9.17, 15) is 4.79 Å². The monoisotopic (exact) mass is 308 g/mol. The minimum absolute atomic E-state index is 0.0112. The largest absolute Gasteiger partial charge is 0.490 e. The Balaban J connectivity index is 1.61. The van der Waals surface area contributed by atoms with Crippen LogP contribution < -0.4 is 0 Å². The summed E-state index contributed by atoms with van der Waals surface area (Å²) in [6.07, 6.45) is 7.08. The Morgan fingerprint density at radius 2 is 1.91 bits per heavy atom. The van der Waals surface area contributed by atoms with Crippen molar-refractivity contribution in [3.05, 3.63) is 59.6 Å². The molecule has 2 aliphatic carbocycles. The highest BCUT2D eigenvalue weighted by atomic mass is 16.5. The van der Waals surface area contributed by atoms with E-state index in [-0.39, 0.29) is 11.9 Å². The summed E-state index contributed by atoms with van der Waals surface area (Å²) in [4.78, 5) is 11.6. The standard InChI is InChI=1S/C20H20O3/c21-15-8-4-9-16(12-15)22-18-10-5-11-19-17(18)13-20(23-19)14-6-2-1-3-7-14/h1-3,6-7,12-13,18H,4-5,8-11H2/t18-/m1/s1. The van der Waals surface area contributed by atoms with E-state index in [1.807, 2.05) is 18.2 Å². The van der Waals surface area contributed by atoms with Gasteiger partial charge in [0.15, 0.2) is 5.78 Å². The van der Waals surface area contributed by atoms with E-state index in [1.165, 1.54) is 0 Å². The van der Waals surface area contributed by atoms with Gasteiger partial charge in [0, 0.05) is 36.5 Å². The van der Waals surface area contributed by atoms with Gasteiger partial charge in [-0.25, -0.2) is 0 Å². The molecule has 0 spiro atoms. The molecule has 0 fully saturated rings. The minimum atomic E-state index is 0.0112. The highest BCUT2D eigenvalue weighted by Gasteiger charge is 2.27. The van der Waals surface area contributed by atoms with E-state index < -0.39 is 0 Å². The zero-order chi connectivity index (χ0) is 15.6. The number of ketones is 1. The lowest BCUT2D eigenvalue weighted by Crippen LogP contribution is -2.13. The van der Waals surface area contributed by atoms with Crippen LogP contribution in [0.3, 0.4) is 0 Å². The lowest BCUT2D eigenvalue weighted by Gasteiger charge is -2.25. The third kappa shape index (κ3) is 2.96. The third-order valence-electron chi connectivity index (χ3n) is 4.58. The zero-order valence-electron chi connectivity index (χ0n) is 13.1. The molecule has 0 saturated heterocycles. The Kier molecular flexibility index (Phi) is 3.78. The second-order valence-corrected chi connectivity index (χ2v) is 6.28. The van der Waals surface area contributed by atoms with Crippen molar-refractivity contribution in [2.45, 2.75) is 44.6 Å². The van der Waals surface area contributed by atoms with Crippen molar-refractivity contribution in [2.75, 3.05) is 0 Å². The van der Waals surface area contributed by atoms with Crippen molar-refractivity contribution >= 4 is 5.78 Å². The molecule has 3 nitrogen and oxygen atoms in total. The van der Waals surface area contributed by atoms with Gasteiger partial charge in [-0.2, -0.15) is 0 Å². The molecule has 4 rings (SSSR count). The first-order valence-electron chi connectivity index (χ1n) is 8.38. The molecule has 0 unspecified atom stereocenters. The maximum absolute atomic E-state index is 11.6. The maximum atomic E-state index is 11.6. The van der Waals surface area contributed by atoms with Crippen molar-refractivity contribution in [1.29, 1.82) is 0 Å². The number of ether oxygens (including phenoxy) is 1. The Morgan fingerprint density at radius 1 is 1.04 bits per heavy atom. The first-order valence-corrected chi connectivity index (χ1v) is 8.38. The fourth-order valence-electron chi connectivity index (χ4n) is 3.42. The summed E-state index contributed by atoms with van der Waals surface area (Å²) in [5.74, 6) is 2.95. The fraction of sp³-hybridized carbons (Fsp3) is 0.350. The number of rotatable bonds is 3. The molecule has 2 aliphatic rings. The van der Waals surface area contributed by atoms with Gasteiger partial charge in [0.05, 0.1) is 0 Å². The van der Waals surface area contributed by atoms with Crippen LogP contribution in [0.4, 0.5) is 0 Å². The molecule has 0 radical (unpaired) electrons. The summed E-state index contributed by atoms with van der Waals surface area (Å²) in [5, 5.41) is 0. The summed E-state index contributed by atoms with van der Waals surface area (Å²) in [6.45, 7) is 0. The lowest BCUT2D eigenvalue weighted by molar-refractivity contribution is -0.115. The molecule has 0 bridgehead atoms. The van der Waals surface area contributed by atoms with Gasteiger partial charge < -0.3 is 9.15 Å². The summed E-state index contributed by atoms with van der Waals surface area (Å²) >= 11 is 0. The van der Waals surface area contributed by atoms with Crippen LogP contribution in [0, 0.1) is 0 Å². The Labute approximate surface area is 136 Å². The van der Waals surface area contributed by atoms with Gasteiger partial charge in [-0.05, 0) is 25.3 Å². The Bertz CT molecular complexity index is 740. The smallest absolute Gasteiger partial charge is 0.159 e. The predicted molar refractivity (Wildman–Crippen MR) is 87.8 cm³/mol. The van der Waals surface area contributed by atoms with Crippen LogP contribution in [0.1, 0.15) is 49.5 Å². The normalized spacial score (nSPS) is 20.8. The average molecular weight is 308 g/mol. The summed E-state index contributed by atoms with van der Waals surface area (Å²) in [5.41, 5.74) is 2.24. The quantitative estimate of drug-likeness (QED) is 0.803. The van der Waals surface area contributed by atoms with Crippen molar-refractivity contribution in [3.8, 4) is 11.3 Å². The lowest BCUT2D eigenvalue weighted by atomic mass is 9.94. The number of hydrogen-bond acceptors (Lipinski definition) is 3. The van der Waals surface area contributed by atoms with Crippen LogP contribution in [-0.4, -0.2) is 5.78 Å². The third-order valence-corrected chi connectivity index (χ3v) is 4.58. The molecule has 2 aromatic rings. The molecule has 1 heterocycles. The molecular weight excluding hydrogens is 288 g/mol. The molecule has 0 N–H and O–H groups in total. The van der Waals surface area contributed by atoms with Gasteiger partial charge in [-0.15, -0.1) is 0 Å². The molecule has 1 aromatic carbocycles. The molecule has 0 amide bonds. The van der Waals surface area contributed by atoms with E-state index in [4.69, 9.17) is 9.15 Å². The Hall–Kier alpha value is -2.29. The molecule has 1 atom stereocenters. The maximum Gasteiger partial charge on any atom is 0.159 e. The second kappa shape index (κ2) is 6.07. The van der Waals surface area contributed by atoms with Gasteiger partial charge in [-0.1, -0.05) is 30.3 Å². The van der Waals surface area contributed by atoms with Crippen LogP contribution in [0.5, 0.6) is 0 Å². The topological polar surface area (TPSA) is 39.4 Å².